The van der Waals surface area contributed by atoms with Crippen molar-refractivity contribution in [2.24, 2.45) is 0 Å². The molecule has 128 valence electrons. The van der Waals surface area contributed by atoms with Gasteiger partial charge in [-0.1, -0.05) is 0 Å². The molecular weight excluding hydrogens is 298 g/mol. The maximum absolute atomic E-state index is 11.9. The predicted octanol–water partition coefficient (Wildman–Crippen LogP) is -0.471. The quantitative estimate of drug-likeness (QED) is 0.656. The zero-order chi connectivity index (χ0) is 16.2. The Bertz CT molecular complexity index is 529. The highest BCUT2D eigenvalue weighted by Gasteiger charge is 2.26. The fraction of sp³-hybridized carbons (Fsp3) is 0.688. The molecule has 0 spiro atoms. The van der Waals surface area contributed by atoms with Gasteiger partial charge in [0.05, 0.1) is 19.2 Å². The second kappa shape index (κ2) is 7.44. The third kappa shape index (κ3) is 5.04. The van der Waals surface area contributed by atoms with Crippen LogP contribution in [0.1, 0.15) is 24.4 Å². The van der Waals surface area contributed by atoms with Crippen molar-refractivity contribution >= 4 is 5.91 Å². The van der Waals surface area contributed by atoms with Crippen LogP contribution in [-0.2, 0) is 17.9 Å². The Morgan fingerprint density at radius 2 is 1.91 bits per heavy atom. The Morgan fingerprint density at radius 1 is 1.22 bits per heavy atom. The van der Waals surface area contributed by atoms with E-state index in [0.29, 0.717) is 38.0 Å². The SMILES string of the molecule is O=C(CN1CCN(Cc2ccc(CO)o2)CC(O)C1)NC1CC1. The molecule has 2 heterocycles. The van der Waals surface area contributed by atoms with Crippen LogP contribution in [0.4, 0.5) is 0 Å². The van der Waals surface area contributed by atoms with E-state index >= 15 is 0 Å². The van der Waals surface area contributed by atoms with E-state index in [1.54, 1.807) is 6.07 Å². The first-order valence-electron chi connectivity index (χ1n) is 8.23. The number of nitrogens with zero attached hydrogens (tertiary/aromatic N) is 2. The molecule has 1 aromatic rings. The molecule has 2 aliphatic rings. The maximum atomic E-state index is 11.9. The van der Waals surface area contributed by atoms with Crippen molar-refractivity contribution in [2.45, 2.75) is 38.1 Å². The summed E-state index contributed by atoms with van der Waals surface area (Å²) in [4.78, 5) is 16.0. The lowest BCUT2D eigenvalue weighted by molar-refractivity contribution is -0.122. The van der Waals surface area contributed by atoms with Crippen LogP contribution in [-0.4, -0.2) is 70.8 Å². The lowest BCUT2D eigenvalue weighted by Gasteiger charge is -2.20. The number of carbonyl (C=O) groups is 1. The second-order valence-corrected chi connectivity index (χ2v) is 6.49. The first kappa shape index (κ1) is 16.4. The van der Waals surface area contributed by atoms with E-state index in [1.165, 1.54) is 0 Å². The van der Waals surface area contributed by atoms with E-state index in [0.717, 1.165) is 31.7 Å². The number of hydrogen-bond acceptors (Lipinski definition) is 6. The van der Waals surface area contributed by atoms with E-state index in [4.69, 9.17) is 9.52 Å². The number of furan rings is 1. The molecule has 0 radical (unpaired) electrons. The summed E-state index contributed by atoms with van der Waals surface area (Å²) in [6, 6.07) is 3.98. The number of nitrogens with one attached hydrogen (secondary N) is 1. The minimum Gasteiger partial charge on any atom is -0.462 e. The molecule has 1 aliphatic carbocycles. The number of aliphatic hydroxyl groups is 2. The number of aliphatic hydroxyl groups excluding tert-OH is 2. The van der Waals surface area contributed by atoms with Gasteiger partial charge in [0.2, 0.25) is 5.91 Å². The summed E-state index contributed by atoms with van der Waals surface area (Å²) in [7, 11) is 0. The summed E-state index contributed by atoms with van der Waals surface area (Å²) in [5.41, 5.74) is 0. The Labute approximate surface area is 135 Å². The minimum absolute atomic E-state index is 0.0479. The largest absolute Gasteiger partial charge is 0.462 e. The summed E-state index contributed by atoms with van der Waals surface area (Å²) in [5.74, 6) is 1.38. The van der Waals surface area contributed by atoms with Crippen LogP contribution in [0.15, 0.2) is 16.5 Å². The van der Waals surface area contributed by atoms with E-state index in [2.05, 4.69) is 10.2 Å². The number of hydrogen-bond donors (Lipinski definition) is 3. The van der Waals surface area contributed by atoms with Gasteiger partial charge in [0.1, 0.15) is 18.1 Å². The smallest absolute Gasteiger partial charge is 0.234 e. The molecule has 7 heteroatoms. The Balaban J connectivity index is 1.49. The fourth-order valence-electron chi connectivity index (χ4n) is 2.92. The highest BCUT2D eigenvalue weighted by molar-refractivity contribution is 5.78. The van der Waals surface area contributed by atoms with Crippen LogP contribution >= 0.6 is 0 Å². The molecule has 7 nitrogen and oxygen atoms in total. The van der Waals surface area contributed by atoms with Crippen molar-refractivity contribution < 1.29 is 19.4 Å². The highest BCUT2D eigenvalue weighted by Crippen LogP contribution is 2.18. The highest BCUT2D eigenvalue weighted by atomic mass is 16.4. The normalized spacial score (nSPS) is 23.7. The van der Waals surface area contributed by atoms with Crippen LogP contribution in [0.5, 0.6) is 0 Å². The summed E-state index contributed by atoms with van der Waals surface area (Å²) in [6.45, 7) is 3.40. The van der Waals surface area contributed by atoms with Gasteiger partial charge in [-0.05, 0) is 25.0 Å². The molecule has 3 rings (SSSR count). The van der Waals surface area contributed by atoms with Crippen LogP contribution in [0.2, 0.25) is 0 Å². The van der Waals surface area contributed by atoms with Crippen molar-refractivity contribution in [3.8, 4) is 0 Å². The molecule has 3 N–H and O–H groups in total. The number of rotatable bonds is 6. The summed E-state index contributed by atoms with van der Waals surface area (Å²) < 4.78 is 5.50. The van der Waals surface area contributed by atoms with Gasteiger partial charge in [0.25, 0.3) is 0 Å². The average molecular weight is 323 g/mol. The molecule has 0 aromatic carbocycles. The van der Waals surface area contributed by atoms with Gasteiger partial charge in [-0.15, -0.1) is 0 Å². The van der Waals surface area contributed by atoms with Gasteiger partial charge in [-0.2, -0.15) is 0 Å². The van der Waals surface area contributed by atoms with Gasteiger partial charge in [0.15, 0.2) is 0 Å². The predicted molar refractivity (Wildman–Crippen MR) is 83.5 cm³/mol. The van der Waals surface area contributed by atoms with Crippen molar-refractivity contribution in [2.75, 3.05) is 32.7 Å². The molecular formula is C16H25N3O4. The molecule has 1 aliphatic heterocycles. The van der Waals surface area contributed by atoms with Crippen molar-refractivity contribution in [1.29, 1.82) is 0 Å². The van der Waals surface area contributed by atoms with Crippen LogP contribution in [0.3, 0.4) is 0 Å². The number of carbonyl (C=O) groups excluding carboxylic acids is 1. The van der Waals surface area contributed by atoms with Gasteiger partial charge in [-0.25, -0.2) is 0 Å². The standard InChI is InChI=1S/C16H25N3O4/c20-11-15-4-3-14(23-15)9-18-5-6-19(8-13(21)7-18)10-16(22)17-12-1-2-12/h3-4,12-13,20-21H,1-2,5-11H2,(H,17,22). The lowest BCUT2D eigenvalue weighted by atomic mass is 10.3. The zero-order valence-electron chi connectivity index (χ0n) is 13.3. The van der Waals surface area contributed by atoms with Gasteiger partial charge in [-0.3, -0.25) is 14.6 Å². The number of β-amino-alcohol motifs (C(OH)–C–C–N with tert-alkyl or cyclic N) is 1. The minimum atomic E-state index is -0.488. The molecule has 2 fully saturated rings. The van der Waals surface area contributed by atoms with Crippen molar-refractivity contribution in [3.05, 3.63) is 23.7 Å². The van der Waals surface area contributed by atoms with Crippen LogP contribution in [0.25, 0.3) is 0 Å². The first-order chi connectivity index (χ1) is 11.1. The van der Waals surface area contributed by atoms with Crippen molar-refractivity contribution in [3.63, 3.8) is 0 Å². The number of amides is 1. The second-order valence-electron chi connectivity index (χ2n) is 6.49. The molecule has 1 saturated heterocycles. The van der Waals surface area contributed by atoms with E-state index in [9.17, 15) is 9.90 Å². The van der Waals surface area contributed by atoms with Gasteiger partial charge < -0.3 is 19.9 Å². The van der Waals surface area contributed by atoms with Gasteiger partial charge in [0, 0.05) is 32.2 Å². The topological polar surface area (TPSA) is 89.2 Å². The monoisotopic (exact) mass is 323 g/mol. The summed E-state index contributed by atoms with van der Waals surface area (Å²) >= 11 is 0. The molecule has 1 saturated carbocycles. The van der Waals surface area contributed by atoms with E-state index in [1.807, 2.05) is 11.0 Å². The molecule has 1 unspecified atom stereocenters. The summed E-state index contributed by atoms with van der Waals surface area (Å²) in [6.07, 6.45) is 1.68. The van der Waals surface area contributed by atoms with Crippen LogP contribution in [0, 0.1) is 0 Å². The fourth-order valence-corrected chi connectivity index (χ4v) is 2.92. The lowest BCUT2D eigenvalue weighted by Crippen LogP contribution is -2.41. The first-order valence-corrected chi connectivity index (χ1v) is 8.23. The van der Waals surface area contributed by atoms with E-state index < -0.39 is 6.10 Å². The third-order valence-electron chi connectivity index (χ3n) is 4.23. The Morgan fingerprint density at radius 3 is 2.61 bits per heavy atom. The van der Waals surface area contributed by atoms with E-state index in [-0.39, 0.29) is 12.5 Å². The Kier molecular flexibility index (Phi) is 5.32. The maximum Gasteiger partial charge on any atom is 0.234 e. The molecule has 1 atom stereocenters. The molecule has 0 bridgehead atoms. The average Bonchev–Trinajstić information content (AvgIpc) is 3.22. The zero-order valence-corrected chi connectivity index (χ0v) is 13.3. The van der Waals surface area contributed by atoms with Crippen LogP contribution < -0.4 is 5.32 Å². The molecule has 1 amide bonds. The summed E-state index contributed by atoms with van der Waals surface area (Å²) in [5, 5.41) is 22.2. The molecule has 1 aromatic heterocycles. The third-order valence-corrected chi connectivity index (χ3v) is 4.23. The van der Waals surface area contributed by atoms with Crippen molar-refractivity contribution in [1.82, 2.24) is 15.1 Å². The Hall–Kier alpha value is -1.41. The van der Waals surface area contributed by atoms with Gasteiger partial charge >= 0.3 is 0 Å². The molecule has 23 heavy (non-hydrogen) atoms.